The molecule has 0 amide bonds. The Labute approximate surface area is 359 Å². The minimum absolute atomic E-state index is 0.0126. The Morgan fingerprint density at radius 3 is 1.23 bits per heavy atom. The maximum absolute atomic E-state index is 14.3. The molecule has 0 unspecified atom stereocenters. The lowest BCUT2D eigenvalue weighted by Crippen LogP contribution is -2.14. The zero-order valence-electron chi connectivity index (χ0n) is 32.2. The summed E-state index contributed by atoms with van der Waals surface area (Å²) in [6, 6.07) is 39.7. The highest BCUT2D eigenvalue weighted by atomic mass is 32.1. The summed E-state index contributed by atoms with van der Waals surface area (Å²) in [6.07, 6.45) is 2.08. The normalized spacial score (nSPS) is 14.9. The summed E-state index contributed by atoms with van der Waals surface area (Å²) in [7, 11) is 0. The van der Waals surface area contributed by atoms with E-state index in [0.717, 1.165) is 11.1 Å². The smallest absolute Gasteiger partial charge is 0.419 e. The van der Waals surface area contributed by atoms with E-state index in [9.17, 15) is 28.8 Å². The summed E-state index contributed by atoms with van der Waals surface area (Å²) in [5.41, 5.74) is 6.00. The van der Waals surface area contributed by atoms with Gasteiger partial charge < -0.3 is 9.47 Å². The highest BCUT2D eigenvalue weighted by Gasteiger charge is 2.35. The van der Waals surface area contributed by atoms with Crippen molar-refractivity contribution in [1.82, 2.24) is 9.13 Å². The summed E-state index contributed by atoms with van der Waals surface area (Å²) in [5.74, 6) is -2.34. The molecule has 5 aromatic carbocycles. The van der Waals surface area contributed by atoms with Gasteiger partial charge in [-0.1, -0.05) is 109 Å². The van der Waals surface area contributed by atoms with Crippen LogP contribution in [0.3, 0.4) is 0 Å². The molecule has 10 nitrogen and oxygen atoms in total. The van der Waals surface area contributed by atoms with Crippen molar-refractivity contribution in [2.45, 2.75) is 13.2 Å². The van der Waals surface area contributed by atoms with Gasteiger partial charge in [-0.3, -0.25) is 19.2 Å². The number of rotatable bonds is 6. The molecule has 11 rings (SSSR count). The molecular formula is C50H28N2O8S2. The number of ketones is 4. The van der Waals surface area contributed by atoms with Crippen LogP contribution in [0.5, 0.6) is 0 Å². The number of carbonyl (C=O) groups excluding carboxylic acids is 6. The number of Topliss-reactive ketones (excluding diaryl/α,β-unsaturated/α-hetero) is 4. The molecule has 9 aromatic rings. The molecule has 0 fully saturated rings. The number of benzene rings is 5. The Morgan fingerprint density at radius 1 is 0.452 bits per heavy atom. The molecule has 0 radical (unpaired) electrons. The summed E-state index contributed by atoms with van der Waals surface area (Å²) in [4.78, 5) is 82.0. The molecule has 4 heterocycles. The van der Waals surface area contributed by atoms with Crippen LogP contribution in [0.15, 0.2) is 133 Å². The van der Waals surface area contributed by atoms with Crippen LogP contribution in [-0.2, 0) is 32.3 Å². The molecule has 0 saturated heterocycles. The number of aromatic nitrogens is 2. The lowest BCUT2D eigenvalue weighted by molar-refractivity contribution is -0.110. The van der Waals surface area contributed by atoms with Crippen LogP contribution in [-0.4, -0.2) is 44.5 Å². The number of hydrogen-bond acceptors (Lipinski definition) is 10. The standard InChI is InChI=1S/C50H28N2O8S2/c53-43-33-17-9-7-15-31(33)35(45(43)55)19-29-21-41-47(61-29)37-24-40-38(23-39(37)51(41)49(57)59-25-27-11-3-1-4-12-27)48-42(52(40)50(58)60-26-28-13-5-2-6-14-28)22-30(62-48)20-36-32-16-8-10-18-34(32)44(54)46(36)56/h1-24H,25-26H2/b35-19-,36-20-. The van der Waals surface area contributed by atoms with Crippen molar-refractivity contribution in [3.05, 3.63) is 177 Å². The maximum Gasteiger partial charge on any atom is 0.419 e. The average molecular weight is 849 g/mol. The molecule has 298 valence electrons. The summed E-state index contributed by atoms with van der Waals surface area (Å²) < 4.78 is 16.2. The van der Waals surface area contributed by atoms with E-state index in [2.05, 4.69) is 0 Å². The highest BCUT2D eigenvalue weighted by molar-refractivity contribution is 7.21. The summed E-state index contributed by atoms with van der Waals surface area (Å²) in [6.45, 7) is 0.0252. The van der Waals surface area contributed by atoms with Gasteiger partial charge in [0.05, 0.1) is 31.5 Å². The number of ether oxygens (including phenoxy) is 2. The first-order chi connectivity index (χ1) is 30.2. The largest absolute Gasteiger partial charge is 0.444 e. The molecule has 0 aliphatic heterocycles. The van der Waals surface area contributed by atoms with Gasteiger partial charge in [-0.05, 0) is 58.7 Å². The predicted octanol–water partition coefficient (Wildman–Crippen LogP) is 11.0. The average Bonchev–Trinajstić information content (AvgIpc) is 4.12. The van der Waals surface area contributed by atoms with Crippen molar-refractivity contribution in [3.8, 4) is 0 Å². The number of thiophene rings is 2. The molecule has 4 aromatic heterocycles. The van der Waals surface area contributed by atoms with Gasteiger partial charge in [0, 0.05) is 42.8 Å². The Kier molecular flexibility index (Phi) is 8.67. The van der Waals surface area contributed by atoms with Gasteiger partial charge in [0.15, 0.2) is 0 Å². The highest BCUT2D eigenvalue weighted by Crippen LogP contribution is 2.44. The van der Waals surface area contributed by atoms with Crippen molar-refractivity contribution >= 4 is 124 Å². The van der Waals surface area contributed by atoms with Gasteiger partial charge >= 0.3 is 12.2 Å². The first-order valence-corrected chi connectivity index (χ1v) is 21.1. The summed E-state index contributed by atoms with van der Waals surface area (Å²) >= 11 is 2.68. The zero-order chi connectivity index (χ0) is 42.2. The molecule has 0 atom stereocenters. The topological polar surface area (TPSA) is 131 Å². The van der Waals surface area contributed by atoms with Gasteiger partial charge in [0.1, 0.15) is 13.2 Å². The minimum atomic E-state index is -0.639. The first kappa shape index (κ1) is 37.2. The quantitative estimate of drug-likeness (QED) is 0.119. The molecule has 0 spiro atoms. The van der Waals surface area contributed by atoms with E-state index in [1.165, 1.54) is 31.8 Å². The number of allylic oxidation sites excluding steroid dienone is 2. The Morgan fingerprint density at radius 2 is 0.823 bits per heavy atom. The monoisotopic (exact) mass is 848 g/mol. The predicted molar refractivity (Wildman–Crippen MR) is 240 cm³/mol. The van der Waals surface area contributed by atoms with Crippen LogP contribution in [0.25, 0.3) is 65.5 Å². The second kappa shape index (κ2) is 14.4. The van der Waals surface area contributed by atoms with E-state index in [0.29, 0.717) is 74.2 Å². The zero-order valence-corrected chi connectivity index (χ0v) is 33.9. The Bertz CT molecular complexity index is 3290. The van der Waals surface area contributed by atoms with Gasteiger partial charge in [0.2, 0.25) is 23.1 Å². The molecule has 62 heavy (non-hydrogen) atoms. The minimum Gasteiger partial charge on any atom is -0.444 e. The van der Waals surface area contributed by atoms with Crippen molar-refractivity contribution in [1.29, 1.82) is 0 Å². The van der Waals surface area contributed by atoms with Crippen molar-refractivity contribution in [2.24, 2.45) is 0 Å². The molecule has 0 saturated carbocycles. The third kappa shape index (κ3) is 5.91. The molecular weight excluding hydrogens is 821 g/mol. The van der Waals surface area contributed by atoms with E-state index < -0.39 is 35.3 Å². The Hall–Kier alpha value is -7.80. The van der Waals surface area contributed by atoms with E-state index in [4.69, 9.17) is 9.47 Å². The van der Waals surface area contributed by atoms with Crippen LogP contribution in [0, 0.1) is 0 Å². The third-order valence-electron chi connectivity index (χ3n) is 11.2. The van der Waals surface area contributed by atoms with Crippen molar-refractivity contribution in [2.75, 3.05) is 0 Å². The van der Waals surface area contributed by atoms with Gasteiger partial charge in [-0.15, -0.1) is 22.7 Å². The van der Waals surface area contributed by atoms with E-state index >= 15 is 0 Å². The fourth-order valence-electron chi connectivity index (χ4n) is 8.33. The summed E-state index contributed by atoms with van der Waals surface area (Å²) in [5, 5.41) is 1.29. The number of hydrogen-bond donors (Lipinski definition) is 0. The number of carbonyl (C=O) groups is 6. The third-order valence-corrected chi connectivity index (χ3v) is 13.4. The Balaban J connectivity index is 1.11. The van der Waals surface area contributed by atoms with Crippen LogP contribution < -0.4 is 0 Å². The van der Waals surface area contributed by atoms with Gasteiger partial charge in [-0.2, -0.15) is 0 Å². The van der Waals surface area contributed by atoms with E-state index in [1.807, 2.05) is 72.8 Å². The first-order valence-electron chi connectivity index (χ1n) is 19.5. The lowest BCUT2D eigenvalue weighted by atomic mass is 10.1. The molecule has 12 heteroatoms. The lowest BCUT2D eigenvalue weighted by Gasteiger charge is -2.09. The number of fused-ring (bicyclic) bond motifs is 8. The van der Waals surface area contributed by atoms with Crippen LogP contribution in [0.4, 0.5) is 9.59 Å². The molecule has 0 bridgehead atoms. The van der Waals surface area contributed by atoms with E-state index in [-0.39, 0.29) is 24.4 Å². The SMILES string of the molecule is O=C1C(=O)c2ccccc2/C1=C/c1cc2c(s1)c1cc3c(cc1n2C(=O)OCc1ccccc1)c1sc(/C=C2\C(=O)C(=O)c4ccccc42)cc1n3C(=O)OCc1ccccc1. The molecule has 2 aliphatic rings. The fraction of sp³-hybridized carbons (Fsp3) is 0.0400. The molecule has 0 N–H and O–H groups in total. The second-order valence-electron chi connectivity index (χ2n) is 14.9. The maximum atomic E-state index is 14.3. The second-order valence-corrected chi connectivity index (χ2v) is 17.1. The van der Waals surface area contributed by atoms with Gasteiger partial charge in [0.25, 0.3) is 0 Å². The van der Waals surface area contributed by atoms with Crippen LogP contribution >= 0.6 is 22.7 Å². The van der Waals surface area contributed by atoms with Gasteiger partial charge in [-0.25, -0.2) is 18.7 Å². The van der Waals surface area contributed by atoms with Crippen LogP contribution in [0.2, 0.25) is 0 Å². The van der Waals surface area contributed by atoms with Crippen LogP contribution in [0.1, 0.15) is 52.7 Å². The van der Waals surface area contributed by atoms with Crippen molar-refractivity contribution < 1.29 is 38.2 Å². The fourth-order valence-corrected chi connectivity index (χ4v) is 10.6. The van der Waals surface area contributed by atoms with Crippen molar-refractivity contribution in [3.63, 3.8) is 0 Å². The number of nitrogens with zero attached hydrogens (tertiary/aromatic N) is 2. The molecule has 2 aliphatic carbocycles. The van der Waals surface area contributed by atoms with E-state index in [1.54, 1.807) is 72.8 Å².